The van der Waals surface area contributed by atoms with Gasteiger partial charge in [0, 0.05) is 5.54 Å². The number of nitrogens with zero attached hydrogens (tertiary/aromatic N) is 1. The number of anilines is 1. The van der Waals surface area contributed by atoms with E-state index < -0.39 is 5.97 Å². The Kier molecular flexibility index (Phi) is 3.31. The molecule has 1 heterocycles. The average Bonchev–Trinajstić information content (AvgIpc) is 2.29. The van der Waals surface area contributed by atoms with Crippen molar-refractivity contribution in [3.05, 3.63) is 23.9 Å². The van der Waals surface area contributed by atoms with E-state index in [0.29, 0.717) is 5.82 Å². The molecule has 92 valence electrons. The zero-order valence-corrected chi connectivity index (χ0v) is 10.1. The van der Waals surface area contributed by atoms with Crippen molar-refractivity contribution < 1.29 is 9.90 Å². The van der Waals surface area contributed by atoms with E-state index in [9.17, 15) is 4.79 Å². The molecule has 1 aliphatic rings. The van der Waals surface area contributed by atoms with Gasteiger partial charge >= 0.3 is 5.97 Å². The van der Waals surface area contributed by atoms with Gasteiger partial charge in [-0.25, -0.2) is 9.78 Å². The Bertz CT molecular complexity index is 412. The second-order valence-electron chi connectivity index (χ2n) is 4.96. The minimum atomic E-state index is -0.984. The third-order valence-electron chi connectivity index (χ3n) is 3.36. The van der Waals surface area contributed by atoms with E-state index in [4.69, 9.17) is 5.11 Å². The molecular formula is C13H18N2O2. The number of pyridine rings is 1. The number of carbonyl (C=O) groups is 1. The van der Waals surface area contributed by atoms with Gasteiger partial charge in [0.1, 0.15) is 5.82 Å². The maximum absolute atomic E-state index is 10.8. The van der Waals surface area contributed by atoms with Gasteiger partial charge in [0.15, 0.2) is 5.69 Å². The first kappa shape index (κ1) is 11.9. The maximum atomic E-state index is 10.8. The van der Waals surface area contributed by atoms with Crippen LogP contribution in [-0.4, -0.2) is 21.6 Å². The van der Waals surface area contributed by atoms with Gasteiger partial charge in [-0.15, -0.1) is 0 Å². The molecule has 1 saturated carbocycles. The van der Waals surface area contributed by atoms with E-state index >= 15 is 0 Å². The van der Waals surface area contributed by atoms with Gasteiger partial charge in [-0.1, -0.05) is 25.3 Å². The number of hydrogen-bond donors (Lipinski definition) is 2. The summed E-state index contributed by atoms with van der Waals surface area (Å²) in [5.74, 6) is -0.322. The van der Waals surface area contributed by atoms with Crippen LogP contribution in [0.5, 0.6) is 0 Å². The third-order valence-corrected chi connectivity index (χ3v) is 3.36. The zero-order chi connectivity index (χ0) is 12.3. The fourth-order valence-electron chi connectivity index (χ4n) is 2.39. The highest BCUT2D eigenvalue weighted by molar-refractivity contribution is 5.85. The highest BCUT2D eigenvalue weighted by atomic mass is 16.4. The summed E-state index contributed by atoms with van der Waals surface area (Å²) in [5, 5.41) is 12.3. The Morgan fingerprint density at radius 2 is 2.06 bits per heavy atom. The highest BCUT2D eigenvalue weighted by Crippen LogP contribution is 2.30. The Balaban J connectivity index is 2.12. The molecule has 0 spiro atoms. The Hall–Kier alpha value is -1.58. The van der Waals surface area contributed by atoms with E-state index in [1.54, 1.807) is 6.07 Å². The van der Waals surface area contributed by atoms with Gasteiger partial charge in [-0.3, -0.25) is 0 Å². The van der Waals surface area contributed by atoms with Crippen molar-refractivity contribution in [1.29, 1.82) is 0 Å². The average molecular weight is 234 g/mol. The lowest BCUT2D eigenvalue weighted by atomic mass is 9.83. The fraction of sp³-hybridized carbons (Fsp3) is 0.538. The summed E-state index contributed by atoms with van der Waals surface area (Å²) in [6, 6.07) is 5.06. The molecule has 4 heteroatoms. The molecule has 17 heavy (non-hydrogen) atoms. The minimum absolute atomic E-state index is 0.0579. The fourth-order valence-corrected chi connectivity index (χ4v) is 2.39. The predicted molar refractivity (Wildman–Crippen MR) is 66.3 cm³/mol. The molecule has 0 aliphatic heterocycles. The number of rotatable bonds is 3. The van der Waals surface area contributed by atoms with Crippen molar-refractivity contribution in [3.63, 3.8) is 0 Å². The van der Waals surface area contributed by atoms with Crippen LogP contribution in [0.4, 0.5) is 5.82 Å². The molecule has 0 atom stereocenters. The molecule has 0 radical (unpaired) electrons. The summed E-state index contributed by atoms with van der Waals surface area (Å²) in [5.41, 5.74) is 0.150. The van der Waals surface area contributed by atoms with E-state index in [-0.39, 0.29) is 11.2 Å². The lowest BCUT2D eigenvalue weighted by molar-refractivity contribution is 0.0690. The van der Waals surface area contributed by atoms with Crippen molar-refractivity contribution in [3.8, 4) is 0 Å². The maximum Gasteiger partial charge on any atom is 0.354 e. The summed E-state index contributed by atoms with van der Waals surface area (Å²) in [6.07, 6.45) is 5.97. The topological polar surface area (TPSA) is 62.2 Å². The molecular weight excluding hydrogens is 216 g/mol. The van der Waals surface area contributed by atoms with Gasteiger partial charge in [-0.2, -0.15) is 0 Å². The van der Waals surface area contributed by atoms with Gasteiger partial charge < -0.3 is 10.4 Å². The SMILES string of the molecule is CC1(Nc2cccc(C(=O)O)n2)CCCCC1. The molecule has 0 bridgehead atoms. The molecule has 4 nitrogen and oxygen atoms in total. The summed E-state index contributed by atoms with van der Waals surface area (Å²) < 4.78 is 0. The van der Waals surface area contributed by atoms with Gasteiger partial charge in [0.25, 0.3) is 0 Å². The third kappa shape index (κ3) is 2.96. The first-order valence-corrected chi connectivity index (χ1v) is 6.08. The largest absolute Gasteiger partial charge is 0.477 e. The van der Waals surface area contributed by atoms with Gasteiger partial charge in [0.05, 0.1) is 0 Å². The van der Waals surface area contributed by atoms with Crippen molar-refractivity contribution >= 4 is 11.8 Å². The molecule has 0 saturated heterocycles. The number of hydrogen-bond acceptors (Lipinski definition) is 3. The number of carboxylic acid groups (broad SMARTS) is 1. The quantitative estimate of drug-likeness (QED) is 0.844. The number of aromatic carboxylic acids is 1. The van der Waals surface area contributed by atoms with E-state index in [1.165, 1.54) is 25.3 Å². The molecule has 1 aromatic rings. The minimum Gasteiger partial charge on any atom is -0.477 e. The predicted octanol–water partition coefficient (Wildman–Crippen LogP) is 2.91. The summed E-state index contributed by atoms with van der Waals surface area (Å²) in [7, 11) is 0. The summed E-state index contributed by atoms with van der Waals surface area (Å²) >= 11 is 0. The standard InChI is InChI=1S/C13H18N2O2/c1-13(8-3-2-4-9-13)15-11-7-5-6-10(14-11)12(16)17/h5-7H,2-4,8-9H2,1H3,(H,14,15)(H,16,17). The highest BCUT2D eigenvalue weighted by Gasteiger charge is 2.26. The van der Waals surface area contributed by atoms with Crippen LogP contribution in [-0.2, 0) is 0 Å². The van der Waals surface area contributed by atoms with E-state index in [2.05, 4.69) is 17.2 Å². The smallest absolute Gasteiger partial charge is 0.354 e. The first-order chi connectivity index (χ1) is 8.09. The lowest BCUT2D eigenvalue weighted by Gasteiger charge is -2.35. The van der Waals surface area contributed by atoms with Crippen molar-refractivity contribution in [2.45, 2.75) is 44.6 Å². The molecule has 1 aliphatic carbocycles. The molecule has 0 aromatic carbocycles. The number of aromatic nitrogens is 1. The normalized spacial score (nSPS) is 18.6. The Morgan fingerprint density at radius 1 is 1.35 bits per heavy atom. The van der Waals surface area contributed by atoms with Crippen LogP contribution in [0.25, 0.3) is 0 Å². The second-order valence-corrected chi connectivity index (χ2v) is 4.96. The summed E-state index contributed by atoms with van der Waals surface area (Å²) in [4.78, 5) is 14.9. The Labute approximate surface area is 101 Å². The second kappa shape index (κ2) is 4.73. The van der Waals surface area contributed by atoms with E-state index in [0.717, 1.165) is 12.8 Å². The van der Waals surface area contributed by atoms with Crippen LogP contribution >= 0.6 is 0 Å². The Morgan fingerprint density at radius 3 is 2.71 bits per heavy atom. The van der Waals surface area contributed by atoms with Crippen molar-refractivity contribution in [1.82, 2.24) is 4.98 Å². The van der Waals surface area contributed by atoms with Crippen LogP contribution < -0.4 is 5.32 Å². The number of nitrogens with one attached hydrogen (secondary N) is 1. The van der Waals surface area contributed by atoms with Crippen molar-refractivity contribution in [2.24, 2.45) is 0 Å². The van der Waals surface area contributed by atoms with Crippen LogP contribution in [0, 0.1) is 0 Å². The van der Waals surface area contributed by atoms with Gasteiger partial charge in [0.2, 0.25) is 0 Å². The molecule has 2 rings (SSSR count). The van der Waals surface area contributed by atoms with Gasteiger partial charge in [-0.05, 0) is 31.9 Å². The molecule has 1 aromatic heterocycles. The van der Waals surface area contributed by atoms with Crippen LogP contribution in [0.2, 0.25) is 0 Å². The van der Waals surface area contributed by atoms with E-state index in [1.807, 2.05) is 6.07 Å². The molecule has 2 N–H and O–H groups in total. The lowest BCUT2D eigenvalue weighted by Crippen LogP contribution is -2.37. The first-order valence-electron chi connectivity index (χ1n) is 6.08. The molecule has 1 fully saturated rings. The number of carboxylic acids is 1. The zero-order valence-electron chi connectivity index (χ0n) is 10.1. The monoisotopic (exact) mass is 234 g/mol. The van der Waals surface area contributed by atoms with Crippen LogP contribution in [0.15, 0.2) is 18.2 Å². The van der Waals surface area contributed by atoms with Crippen molar-refractivity contribution in [2.75, 3.05) is 5.32 Å². The molecule has 0 unspecified atom stereocenters. The summed E-state index contributed by atoms with van der Waals surface area (Å²) in [6.45, 7) is 2.18. The molecule has 0 amide bonds. The van der Waals surface area contributed by atoms with Crippen LogP contribution in [0.3, 0.4) is 0 Å². The van der Waals surface area contributed by atoms with Crippen LogP contribution in [0.1, 0.15) is 49.5 Å².